The minimum atomic E-state index is -0.349. The van der Waals surface area contributed by atoms with Gasteiger partial charge in [-0.2, -0.15) is 0 Å². The molecule has 2 fully saturated rings. The Morgan fingerprint density at radius 3 is 2.73 bits per heavy atom. The van der Waals surface area contributed by atoms with Gasteiger partial charge >= 0.3 is 0 Å². The van der Waals surface area contributed by atoms with E-state index in [9.17, 15) is 9.59 Å². The number of hydrogen-bond acceptors (Lipinski definition) is 5. The smallest absolute Gasteiger partial charge is 0.254 e. The SMILES string of the molecule is O=CN1CCN(c2ccc(NC(=O)C3CCCO3)nc2)CC1. The number of ether oxygens (including phenoxy) is 1. The molecule has 0 radical (unpaired) electrons. The summed E-state index contributed by atoms with van der Waals surface area (Å²) >= 11 is 0. The van der Waals surface area contributed by atoms with Gasteiger partial charge in [-0.1, -0.05) is 0 Å². The number of nitrogens with zero attached hydrogens (tertiary/aromatic N) is 3. The molecule has 1 atom stereocenters. The first kappa shape index (κ1) is 14.8. The minimum absolute atomic E-state index is 0.127. The second-order valence-electron chi connectivity index (χ2n) is 5.52. The van der Waals surface area contributed by atoms with Crippen molar-refractivity contribution >= 4 is 23.8 Å². The van der Waals surface area contributed by atoms with E-state index in [0.717, 1.165) is 51.1 Å². The molecular formula is C15H20N4O3. The average molecular weight is 304 g/mol. The maximum absolute atomic E-state index is 11.9. The fourth-order valence-corrected chi connectivity index (χ4v) is 2.72. The fraction of sp³-hybridized carbons (Fsp3) is 0.533. The van der Waals surface area contributed by atoms with E-state index < -0.39 is 0 Å². The standard InChI is InChI=1S/C15H20N4O3/c20-11-18-5-7-19(8-6-18)12-3-4-14(16-10-12)17-15(21)13-2-1-9-22-13/h3-4,10-11,13H,1-2,5-9H2,(H,16,17,21). The van der Waals surface area contributed by atoms with E-state index in [1.54, 1.807) is 17.2 Å². The highest BCUT2D eigenvalue weighted by molar-refractivity contribution is 5.93. The molecule has 0 bridgehead atoms. The topological polar surface area (TPSA) is 74.8 Å². The van der Waals surface area contributed by atoms with Gasteiger partial charge in [0.2, 0.25) is 6.41 Å². The van der Waals surface area contributed by atoms with Crippen LogP contribution in [0.1, 0.15) is 12.8 Å². The summed E-state index contributed by atoms with van der Waals surface area (Å²) in [5.41, 5.74) is 1.00. The molecule has 2 saturated heterocycles. The van der Waals surface area contributed by atoms with Crippen LogP contribution < -0.4 is 10.2 Å². The first-order chi connectivity index (χ1) is 10.8. The van der Waals surface area contributed by atoms with Crippen molar-refractivity contribution in [2.45, 2.75) is 18.9 Å². The fourth-order valence-electron chi connectivity index (χ4n) is 2.72. The highest BCUT2D eigenvalue weighted by Crippen LogP contribution is 2.18. The third kappa shape index (κ3) is 3.36. The van der Waals surface area contributed by atoms with Gasteiger partial charge in [0.25, 0.3) is 5.91 Å². The van der Waals surface area contributed by atoms with Crippen LogP contribution in [0.4, 0.5) is 11.5 Å². The molecule has 2 aliphatic heterocycles. The lowest BCUT2D eigenvalue weighted by Crippen LogP contribution is -2.45. The van der Waals surface area contributed by atoms with Crippen molar-refractivity contribution in [1.29, 1.82) is 0 Å². The van der Waals surface area contributed by atoms with Crippen molar-refractivity contribution in [2.75, 3.05) is 43.0 Å². The van der Waals surface area contributed by atoms with Crippen LogP contribution in [0.2, 0.25) is 0 Å². The number of aromatic nitrogens is 1. The van der Waals surface area contributed by atoms with Gasteiger partial charge in [-0.05, 0) is 25.0 Å². The minimum Gasteiger partial charge on any atom is -0.368 e. The number of pyridine rings is 1. The van der Waals surface area contributed by atoms with E-state index >= 15 is 0 Å². The lowest BCUT2D eigenvalue weighted by atomic mass is 10.2. The molecule has 7 heteroatoms. The monoisotopic (exact) mass is 304 g/mol. The molecule has 0 aliphatic carbocycles. The number of carbonyl (C=O) groups is 2. The number of hydrogen-bond donors (Lipinski definition) is 1. The van der Waals surface area contributed by atoms with Crippen LogP contribution in [0.3, 0.4) is 0 Å². The number of rotatable bonds is 4. The van der Waals surface area contributed by atoms with E-state index in [2.05, 4.69) is 15.2 Å². The Kier molecular flexibility index (Phi) is 4.53. The normalized spacial score (nSPS) is 21.7. The quantitative estimate of drug-likeness (QED) is 0.819. The third-order valence-electron chi connectivity index (χ3n) is 4.05. The van der Waals surface area contributed by atoms with Gasteiger partial charge in [0.15, 0.2) is 0 Å². The van der Waals surface area contributed by atoms with Crippen molar-refractivity contribution < 1.29 is 14.3 Å². The number of piperazine rings is 1. The molecule has 0 aromatic carbocycles. The Balaban J connectivity index is 1.56. The van der Waals surface area contributed by atoms with E-state index in [1.165, 1.54) is 0 Å². The molecule has 0 saturated carbocycles. The predicted octanol–water partition coefficient (Wildman–Crippen LogP) is 0.477. The molecule has 0 spiro atoms. The summed E-state index contributed by atoms with van der Waals surface area (Å²) in [6.45, 7) is 3.68. The number of anilines is 2. The molecule has 1 aromatic rings. The largest absolute Gasteiger partial charge is 0.368 e. The van der Waals surface area contributed by atoms with Crippen molar-refractivity contribution in [3.8, 4) is 0 Å². The Bertz CT molecular complexity index is 520. The second-order valence-corrected chi connectivity index (χ2v) is 5.52. The summed E-state index contributed by atoms with van der Waals surface area (Å²) in [5, 5.41) is 2.78. The summed E-state index contributed by atoms with van der Waals surface area (Å²) in [4.78, 5) is 30.9. The van der Waals surface area contributed by atoms with Gasteiger partial charge in [-0.25, -0.2) is 4.98 Å². The summed E-state index contributed by atoms with van der Waals surface area (Å²) in [6, 6.07) is 3.74. The van der Waals surface area contributed by atoms with E-state index in [1.807, 2.05) is 6.07 Å². The van der Waals surface area contributed by atoms with E-state index in [0.29, 0.717) is 12.4 Å². The molecule has 1 aromatic heterocycles. The zero-order chi connectivity index (χ0) is 15.4. The van der Waals surface area contributed by atoms with Crippen molar-refractivity contribution in [2.24, 2.45) is 0 Å². The van der Waals surface area contributed by atoms with Gasteiger partial charge in [-0.15, -0.1) is 0 Å². The van der Waals surface area contributed by atoms with Gasteiger partial charge in [-0.3, -0.25) is 9.59 Å². The average Bonchev–Trinajstić information content (AvgIpc) is 3.10. The van der Waals surface area contributed by atoms with Gasteiger partial charge in [0.05, 0.1) is 11.9 Å². The van der Waals surface area contributed by atoms with Gasteiger partial charge in [0.1, 0.15) is 11.9 Å². The predicted molar refractivity (Wildman–Crippen MR) is 81.7 cm³/mol. The molecular weight excluding hydrogens is 284 g/mol. The summed E-state index contributed by atoms with van der Waals surface area (Å²) in [6.07, 6.45) is 3.99. The summed E-state index contributed by atoms with van der Waals surface area (Å²) in [5.74, 6) is 0.410. The highest BCUT2D eigenvalue weighted by Gasteiger charge is 2.24. The summed E-state index contributed by atoms with van der Waals surface area (Å²) < 4.78 is 5.35. The Morgan fingerprint density at radius 1 is 1.32 bits per heavy atom. The first-order valence-corrected chi connectivity index (χ1v) is 7.59. The highest BCUT2D eigenvalue weighted by atomic mass is 16.5. The molecule has 3 heterocycles. The van der Waals surface area contributed by atoms with Gasteiger partial charge in [0, 0.05) is 32.8 Å². The van der Waals surface area contributed by atoms with Crippen molar-refractivity contribution in [1.82, 2.24) is 9.88 Å². The molecule has 2 amide bonds. The third-order valence-corrected chi connectivity index (χ3v) is 4.05. The molecule has 1 unspecified atom stereocenters. The van der Waals surface area contributed by atoms with Crippen LogP contribution in [0.5, 0.6) is 0 Å². The molecule has 1 N–H and O–H groups in total. The molecule has 22 heavy (non-hydrogen) atoms. The van der Waals surface area contributed by atoms with Crippen LogP contribution in [0, 0.1) is 0 Å². The number of carbonyl (C=O) groups excluding carboxylic acids is 2. The second kappa shape index (κ2) is 6.74. The van der Waals surface area contributed by atoms with Crippen LogP contribution >= 0.6 is 0 Å². The maximum Gasteiger partial charge on any atom is 0.254 e. The van der Waals surface area contributed by atoms with Crippen LogP contribution in [0.25, 0.3) is 0 Å². The van der Waals surface area contributed by atoms with Crippen molar-refractivity contribution in [3.63, 3.8) is 0 Å². The van der Waals surface area contributed by atoms with Crippen LogP contribution in [-0.2, 0) is 14.3 Å². The first-order valence-electron chi connectivity index (χ1n) is 7.59. The zero-order valence-electron chi connectivity index (χ0n) is 12.4. The Morgan fingerprint density at radius 2 is 2.14 bits per heavy atom. The van der Waals surface area contributed by atoms with Gasteiger partial charge < -0.3 is 19.9 Å². The molecule has 118 valence electrons. The lowest BCUT2D eigenvalue weighted by molar-refractivity contribution is -0.124. The Labute approximate surface area is 129 Å². The van der Waals surface area contributed by atoms with Crippen LogP contribution in [-0.4, -0.2) is 61.1 Å². The lowest BCUT2D eigenvalue weighted by Gasteiger charge is -2.33. The number of amides is 2. The molecule has 2 aliphatic rings. The Hall–Kier alpha value is -2.15. The molecule has 3 rings (SSSR count). The van der Waals surface area contributed by atoms with Crippen molar-refractivity contribution in [3.05, 3.63) is 18.3 Å². The van der Waals surface area contributed by atoms with E-state index in [-0.39, 0.29) is 12.0 Å². The summed E-state index contributed by atoms with van der Waals surface area (Å²) in [7, 11) is 0. The maximum atomic E-state index is 11.9. The van der Waals surface area contributed by atoms with Crippen LogP contribution in [0.15, 0.2) is 18.3 Å². The van der Waals surface area contributed by atoms with E-state index in [4.69, 9.17) is 4.74 Å². The molecule has 7 nitrogen and oxygen atoms in total. The number of nitrogens with one attached hydrogen (secondary N) is 1. The zero-order valence-corrected chi connectivity index (χ0v) is 12.4.